The quantitative estimate of drug-likeness (QED) is 0.645. The summed E-state index contributed by atoms with van der Waals surface area (Å²) in [4.78, 5) is 17.1. The van der Waals surface area contributed by atoms with E-state index in [4.69, 9.17) is 15.3 Å². The Morgan fingerprint density at radius 3 is 2.48 bits per heavy atom. The fourth-order valence-corrected chi connectivity index (χ4v) is 3.09. The molecule has 0 bridgehead atoms. The van der Waals surface area contributed by atoms with Gasteiger partial charge in [-0.25, -0.2) is 0 Å². The van der Waals surface area contributed by atoms with Crippen LogP contribution in [0.15, 0.2) is 22.7 Å². The van der Waals surface area contributed by atoms with Crippen molar-refractivity contribution in [1.82, 2.24) is 15.0 Å². The summed E-state index contributed by atoms with van der Waals surface area (Å²) in [7, 11) is 0. The van der Waals surface area contributed by atoms with E-state index in [0.717, 1.165) is 30.4 Å². The molecule has 7 heteroatoms. The van der Waals surface area contributed by atoms with Gasteiger partial charge in [0.25, 0.3) is 0 Å². The Morgan fingerprint density at radius 2 is 1.88 bits per heavy atom. The standard InChI is InChI=1S/C18H21N5O2/c1-11(19)15-4-3-14(9-16(15)12(2)20)17-21-18(25-22-17)13-5-7-23(10-24)8-6-13/h3-4,9-10,13,19-20H,5-8H2,1-2H3. The van der Waals surface area contributed by atoms with E-state index in [0.29, 0.717) is 41.8 Å². The number of piperidine rings is 1. The average molecular weight is 339 g/mol. The number of nitrogens with zero attached hydrogens (tertiary/aromatic N) is 3. The zero-order valence-electron chi connectivity index (χ0n) is 14.4. The van der Waals surface area contributed by atoms with Crippen molar-refractivity contribution in [3.05, 3.63) is 35.2 Å². The van der Waals surface area contributed by atoms with Gasteiger partial charge in [0.1, 0.15) is 0 Å². The molecule has 0 radical (unpaired) electrons. The number of nitrogens with one attached hydrogen (secondary N) is 2. The summed E-state index contributed by atoms with van der Waals surface area (Å²) in [5.41, 5.74) is 3.03. The van der Waals surface area contributed by atoms with E-state index in [2.05, 4.69) is 10.1 Å². The predicted octanol–water partition coefficient (Wildman–Crippen LogP) is 2.85. The molecule has 2 aromatic rings. The molecular formula is C18H21N5O2. The Morgan fingerprint density at radius 1 is 1.20 bits per heavy atom. The van der Waals surface area contributed by atoms with Gasteiger partial charge in [0.05, 0.1) is 0 Å². The Kier molecular flexibility index (Phi) is 4.74. The third kappa shape index (κ3) is 3.50. The smallest absolute Gasteiger partial charge is 0.230 e. The van der Waals surface area contributed by atoms with Crippen LogP contribution in [0.25, 0.3) is 11.4 Å². The number of rotatable bonds is 5. The van der Waals surface area contributed by atoms with Crippen molar-refractivity contribution in [3.63, 3.8) is 0 Å². The molecular weight excluding hydrogens is 318 g/mol. The Hall–Kier alpha value is -2.83. The highest BCUT2D eigenvalue weighted by molar-refractivity contribution is 6.09. The molecule has 1 aromatic carbocycles. The number of likely N-dealkylation sites (tertiary alicyclic amines) is 1. The lowest BCUT2D eigenvalue weighted by Crippen LogP contribution is -2.31. The summed E-state index contributed by atoms with van der Waals surface area (Å²) >= 11 is 0. The van der Waals surface area contributed by atoms with E-state index in [-0.39, 0.29) is 5.92 Å². The molecule has 1 fully saturated rings. The molecule has 1 amide bonds. The number of carbonyl (C=O) groups is 1. The fraction of sp³-hybridized carbons (Fsp3) is 0.389. The van der Waals surface area contributed by atoms with E-state index in [9.17, 15) is 4.79 Å². The van der Waals surface area contributed by atoms with Gasteiger partial charge in [-0.3, -0.25) is 4.79 Å². The van der Waals surface area contributed by atoms with Crippen LogP contribution >= 0.6 is 0 Å². The summed E-state index contributed by atoms with van der Waals surface area (Å²) in [6, 6.07) is 5.51. The number of benzene rings is 1. The lowest BCUT2D eigenvalue weighted by molar-refractivity contribution is -0.119. The molecule has 1 aliphatic rings. The summed E-state index contributed by atoms with van der Waals surface area (Å²) < 4.78 is 5.44. The van der Waals surface area contributed by atoms with Gasteiger partial charge in [-0.05, 0) is 32.8 Å². The molecule has 3 rings (SSSR count). The van der Waals surface area contributed by atoms with Crippen molar-refractivity contribution < 1.29 is 9.32 Å². The molecule has 2 N–H and O–H groups in total. The third-order valence-electron chi connectivity index (χ3n) is 4.56. The van der Waals surface area contributed by atoms with E-state index in [1.807, 2.05) is 18.2 Å². The van der Waals surface area contributed by atoms with E-state index < -0.39 is 0 Å². The third-order valence-corrected chi connectivity index (χ3v) is 4.56. The van der Waals surface area contributed by atoms with Crippen LogP contribution in [0, 0.1) is 10.8 Å². The molecule has 0 aliphatic carbocycles. The summed E-state index contributed by atoms with van der Waals surface area (Å²) in [5.74, 6) is 1.26. The molecule has 0 unspecified atom stereocenters. The molecule has 1 aromatic heterocycles. The number of hydrogen-bond donors (Lipinski definition) is 2. The maximum absolute atomic E-state index is 10.8. The SMILES string of the molecule is CC(=N)c1ccc(-c2noc(C3CCN(C=O)CC3)n2)cc1C(C)=N. The van der Waals surface area contributed by atoms with Gasteiger partial charge in [0.2, 0.25) is 18.1 Å². The minimum absolute atomic E-state index is 0.171. The van der Waals surface area contributed by atoms with Crippen LogP contribution in [0.5, 0.6) is 0 Å². The molecule has 0 spiro atoms. The highest BCUT2D eigenvalue weighted by atomic mass is 16.5. The van der Waals surface area contributed by atoms with Gasteiger partial charge in [-0.2, -0.15) is 4.98 Å². The predicted molar refractivity (Wildman–Crippen MR) is 94.4 cm³/mol. The van der Waals surface area contributed by atoms with Crippen molar-refractivity contribution in [2.45, 2.75) is 32.6 Å². The van der Waals surface area contributed by atoms with Crippen LogP contribution in [-0.2, 0) is 4.79 Å². The maximum atomic E-state index is 10.8. The topological polar surface area (TPSA) is 107 Å². The highest BCUT2D eigenvalue weighted by Crippen LogP contribution is 2.28. The van der Waals surface area contributed by atoms with Gasteiger partial charge in [-0.1, -0.05) is 17.3 Å². The van der Waals surface area contributed by atoms with Gasteiger partial charge < -0.3 is 20.2 Å². The van der Waals surface area contributed by atoms with Crippen molar-refractivity contribution in [1.29, 1.82) is 10.8 Å². The Bertz CT molecular complexity index is 819. The lowest BCUT2D eigenvalue weighted by atomic mass is 9.96. The first kappa shape index (κ1) is 17.0. The van der Waals surface area contributed by atoms with Crippen LogP contribution in [-0.4, -0.2) is 46.0 Å². The minimum Gasteiger partial charge on any atom is -0.345 e. The normalized spacial score (nSPS) is 15.2. The van der Waals surface area contributed by atoms with Crippen LogP contribution in [0.4, 0.5) is 0 Å². The van der Waals surface area contributed by atoms with E-state index in [1.165, 1.54) is 0 Å². The van der Waals surface area contributed by atoms with Gasteiger partial charge in [-0.15, -0.1) is 0 Å². The molecule has 7 nitrogen and oxygen atoms in total. The van der Waals surface area contributed by atoms with E-state index >= 15 is 0 Å². The second-order valence-electron chi connectivity index (χ2n) is 6.38. The number of carbonyl (C=O) groups excluding carboxylic acids is 1. The molecule has 1 saturated heterocycles. The van der Waals surface area contributed by atoms with Crippen molar-refractivity contribution in [3.8, 4) is 11.4 Å². The van der Waals surface area contributed by atoms with Gasteiger partial charge in [0, 0.05) is 47.1 Å². The largest absolute Gasteiger partial charge is 0.345 e. The first-order valence-corrected chi connectivity index (χ1v) is 8.28. The first-order valence-electron chi connectivity index (χ1n) is 8.28. The zero-order valence-corrected chi connectivity index (χ0v) is 14.4. The molecule has 0 atom stereocenters. The lowest BCUT2D eigenvalue weighted by Gasteiger charge is -2.26. The van der Waals surface area contributed by atoms with Crippen molar-refractivity contribution in [2.24, 2.45) is 0 Å². The molecule has 25 heavy (non-hydrogen) atoms. The summed E-state index contributed by atoms with van der Waals surface area (Å²) in [6.45, 7) is 4.82. The molecule has 0 saturated carbocycles. The summed E-state index contributed by atoms with van der Waals surface area (Å²) in [5, 5.41) is 19.9. The Balaban J connectivity index is 1.85. The number of hydrogen-bond acceptors (Lipinski definition) is 6. The van der Waals surface area contributed by atoms with Crippen LogP contribution in [0.1, 0.15) is 49.6 Å². The number of aromatic nitrogens is 2. The number of amides is 1. The monoisotopic (exact) mass is 339 g/mol. The second kappa shape index (κ2) is 6.96. The second-order valence-corrected chi connectivity index (χ2v) is 6.38. The van der Waals surface area contributed by atoms with Crippen LogP contribution in [0.3, 0.4) is 0 Å². The van der Waals surface area contributed by atoms with Crippen LogP contribution < -0.4 is 0 Å². The summed E-state index contributed by atoms with van der Waals surface area (Å²) in [6.07, 6.45) is 2.51. The fourth-order valence-electron chi connectivity index (χ4n) is 3.09. The Labute approximate surface area is 146 Å². The highest BCUT2D eigenvalue weighted by Gasteiger charge is 2.25. The average Bonchev–Trinajstić information content (AvgIpc) is 3.11. The maximum Gasteiger partial charge on any atom is 0.230 e. The first-order chi connectivity index (χ1) is 12.0. The van der Waals surface area contributed by atoms with Gasteiger partial charge in [0.15, 0.2) is 0 Å². The molecule has 2 heterocycles. The molecule has 130 valence electrons. The van der Waals surface area contributed by atoms with E-state index in [1.54, 1.807) is 18.7 Å². The van der Waals surface area contributed by atoms with Gasteiger partial charge >= 0.3 is 0 Å². The molecule has 1 aliphatic heterocycles. The zero-order chi connectivity index (χ0) is 18.0. The van der Waals surface area contributed by atoms with Crippen molar-refractivity contribution >= 4 is 17.8 Å². The van der Waals surface area contributed by atoms with Crippen molar-refractivity contribution in [2.75, 3.05) is 13.1 Å². The minimum atomic E-state index is 0.171. The van der Waals surface area contributed by atoms with Crippen LogP contribution in [0.2, 0.25) is 0 Å².